The van der Waals surface area contributed by atoms with Crippen LogP contribution in [0.15, 0.2) is 24.3 Å². The first-order chi connectivity index (χ1) is 11.1. The van der Waals surface area contributed by atoms with Crippen molar-refractivity contribution in [2.75, 3.05) is 19.6 Å². The number of hydrogen-bond donors (Lipinski definition) is 0. The van der Waals surface area contributed by atoms with Crippen LogP contribution in [0, 0.1) is 0 Å². The molecular weight excluding hydrogens is 296 g/mol. The number of amides is 3. The first-order valence-electron chi connectivity index (χ1n) is 7.82. The molecule has 3 rings (SSSR count). The van der Waals surface area contributed by atoms with E-state index in [1.165, 1.54) is 4.90 Å². The van der Waals surface area contributed by atoms with E-state index in [4.69, 9.17) is 0 Å². The molecule has 0 spiro atoms. The molecule has 2 heterocycles. The molecule has 0 aromatic heterocycles. The molecule has 2 aliphatic heterocycles. The van der Waals surface area contributed by atoms with Gasteiger partial charge in [-0.25, -0.2) is 0 Å². The van der Waals surface area contributed by atoms with Crippen LogP contribution in [0.4, 0.5) is 0 Å². The number of carbonyl (C=O) groups is 4. The summed E-state index contributed by atoms with van der Waals surface area (Å²) >= 11 is 0. The summed E-state index contributed by atoms with van der Waals surface area (Å²) in [6.45, 7) is 1.19. The lowest BCUT2D eigenvalue weighted by Crippen LogP contribution is -2.39. The van der Waals surface area contributed by atoms with E-state index in [1.54, 1.807) is 29.2 Å². The minimum Gasteiger partial charge on any atom is -0.342 e. The second-order valence-electron chi connectivity index (χ2n) is 5.83. The van der Waals surface area contributed by atoms with Crippen molar-refractivity contribution in [1.82, 2.24) is 9.80 Å². The van der Waals surface area contributed by atoms with Crippen LogP contribution in [-0.2, 0) is 9.59 Å². The van der Waals surface area contributed by atoms with E-state index in [-0.39, 0.29) is 36.5 Å². The van der Waals surface area contributed by atoms with Crippen LogP contribution in [0.1, 0.15) is 46.4 Å². The Bertz CT molecular complexity index is 638. The van der Waals surface area contributed by atoms with E-state index >= 15 is 0 Å². The molecule has 1 fully saturated rings. The Morgan fingerprint density at radius 1 is 0.957 bits per heavy atom. The Kier molecular flexibility index (Phi) is 4.23. The number of benzene rings is 1. The monoisotopic (exact) mass is 314 g/mol. The second kappa shape index (κ2) is 6.32. The Hall–Kier alpha value is -2.50. The standard InChI is InChI=1S/C17H18N2O4/c20-12-7-10-18(11-8-12)15(21)6-3-9-19-16(22)13-4-1-2-5-14(13)17(19)23/h1-2,4-5H,3,6-11H2. The van der Waals surface area contributed by atoms with Crippen LogP contribution >= 0.6 is 0 Å². The molecule has 3 amide bonds. The summed E-state index contributed by atoms with van der Waals surface area (Å²) in [5.41, 5.74) is 0.858. The van der Waals surface area contributed by atoms with Crippen molar-refractivity contribution in [2.24, 2.45) is 0 Å². The lowest BCUT2D eigenvalue weighted by atomic mass is 10.1. The van der Waals surface area contributed by atoms with E-state index in [1.807, 2.05) is 0 Å². The highest BCUT2D eigenvalue weighted by atomic mass is 16.2. The molecule has 1 saturated heterocycles. The lowest BCUT2D eigenvalue weighted by molar-refractivity contribution is -0.134. The molecule has 0 saturated carbocycles. The highest BCUT2D eigenvalue weighted by molar-refractivity contribution is 6.21. The smallest absolute Gasteiger partial charge is 0.261 e. The van der Waals surface area contributed by atoms with Gasteiger partial charge in [0.15, 0.2) is 0 Å². The number of fused-ring (bicyclic) bond motifs is 1. The van der Waals surface area contributed by atoms with Gasteiger partial charge in [-0.05, 0) is 18.6 Å². The van der Waals surface area contributed by atoms with E-state index in [0.717, 1.165) is 0 Å². The summed E-state index contributed by atoms with van der Waals surface area (Å²) in [4.78, 5) is 50.5. The van der Waals surface area contributed by atoms with E-state index in [9.17, 15) is 19.2 Å². The van der Waals surface area contributed by atoms with Crippen LogP contribution in [0.5, 0.6) is 0 Å². The molecule has 6 heteroatoms. The van der Waals surface area contributed by atoms with Gasteiger partial charge in [-0.2, -0.15) is 0 Å². The van der Waals surface area contributed by atoms with Crippen LogP contribution in [0.3, 0.4) is 0 Å². The summed E-state index contributed by atoms with van der Waals surface area (Å²) in [6.07, 6.45) is 1.56. The molecule has 23 heavy (non-hydrogen) atoms. The van der Waals surface area contributed by atoms with Crippen LogP contribution in [-0.4, -0.2) is 52.9 Å². The number of ketones is 1. The first kappa shape index (κ1) is 15.4. The maximum absolute atomic E-state index is 12.2. The number of Topliss-reactive ketones (excluding diaryl/α,β-unsaturated/α-hetero) is 1. The maximum Gasteiger partial charge on any atom is 0.261 e. The normalized spacial score (nSPS) is 17.7. The van der Waals surface area contributed by atoms with Gasteiger partial charge >= 0.3 is 0 Å². The van der Waals surface area contributed by atoms with Crippen molar-refractivity contribution in [3.05, 3.63) is 35.4 Å². The zero-order valence-electron chi connectivity index (χ0n) is 12.8. The Morgan fingerprint density at radius 3 is 2.09 bits per heavy atom. The summed E-state index contributed by atoms with van der Waals surface area (Å²) in [6, 6.07) is 6.75. The van der Waals surface area contributed by atoms with Crippen LogP contribution in [0.2, 0.25) is 0 Å². The number of imide groups is 1. The van der Waals surface area contributed by atoms with Crippen molar-refractivity contribution >= 4 is 23.5 Å². The van der Waals surface area contributed by atoms with Gasteiger partial charge in [-0.1, -0.05) is 12.1 Å². The van der Waals surface area contributed by atoms with Gasteiger partial charge in [-0.15, -0.1) is 0 Å². The maximum atomic E-state index is 12.2. The van der Waals surface area contributed by atoms with E-state index < -0.39 is 0 Å². The van der Waals surface area contributed by atoms with Gasteiger partial charge in [0.2, 0.25) is 5.91 Å². The van der Waals surface area contributed by atoms with Crippen LogP contribution in [0.25, 0.3) is 0 Å². The molecule has 0 bridgehead atoms. The number of hydrogen-bond acceptors (Lipinski definition) is 4. The van der Waals surface area contributed by atoms with Gasteiger partial charge in [0.05, 0.1) is 11.1 Å². The molecule has 0 radical (unpaired) electrons. The van der Waals surface area contributed by atoms with Crippen LogP contribution < -0.4 is 0 Å². The van der Waals surface area contributed by atoms with Crippen molar-refractivity contribution in [2.45, 2.75) is 25.7 Å². The van der Waals surface area contributed by atoms with Gasteiger partial charge in [0, 0.05) is 38.9 Å². The summed E-state index contributed by atoms with van der Waals surface area (Å²) in [5.74, 6) is -0.405. The van der Waals surface area contributed by atoms with Crippen molar-refractivity contribution in [3.8, 4) is 0 Å². The number of piperidine rings is 1. The molecule has 0 aliphatic carbocycles. The lowest BCUT2D eigenvalue weighted by Gasteiger charge is -2.26. The van der Waals surface area contributed by atoms with Gasteiger partial charge in [0.25, 0.3) is 11.8 Å². The summed E-state index contributed by atoms with van der Waals surface area (Å²) in [5, 5.41) is 0. The molecule has 120 valence electrons. The number of carbonyl (C=O) groups excluding carboxylic acids is 4. The Labute approximate surface area is 134 Å². The molecule has 0 atom stereocenters. The third kappa shape index (κ3) is 3.02. The van der Waals surface area contributed by atoms with E-state index in [2.05, 4.69) is 0 Å². The Morgan fingerprint density at radius 2 is 1.52 bits per heavy atom. The fraction of sp³-hybridized carbons (Fsp3) is 0.412. The molecule has 1 aromatic rings. The summed E-state index contributed by atoms with van der Waals surface area (Å²) < 4.78 is 0. The zero-order valence-corrected chi connectivity index (χ0v) is 12.8. The van der Waals surface area contributed by atoms with Gasteiger partial charge in [0.1, 0.15) is 5.78 Å². The molecule has 6 nitrogen and oxygen atoms in total. The highest BCUT2D eigenvalue weighted by Crippen LogP contribution is 2.22. The quantitative estimate of drug-likeness (QED) is 0.784. The molecule has 1 aromatic carbocycles. The average molecular weight is 314 g/mol. The van der Waals surface area contributed by atoms with Gasteiger partial charge < -0.3 is 4.90 Å². The van der Waals surface area contributed by atoms with Crippen molar-refractivity contribution in [3.63, 3.8) is 0 Å². The Balaban J connectivity index is 1.52. The topological polar surface area (TPSA) is 74.8 Å². The predicted octanol–water partition coefficient (Wildman–Crippen LogP) is 1.25. The largest absolute Gasteiger partial charge is 0.342 e. The third-order valence-corrected chi connectivity index (χ3v) is 4.32. The minimum atomic E-state index is -0.290. The molecule has 0 N–H and O–H groups in total. The molecule has 0 unspecified atom stereocenters. The van der Waals surface area contributed by atoms with Crippen molar-refractivity contribution in [1.29, 1.82) is 0 Å². The predicted molar refractivity (Wildman–Crippen MR) is 81.9 cm³/mol. The SMILES string of the molecule is O=C1CCN(C(=O)CCCN2C(=O)c3ccccc3C2=O)CC1. The zero-order chi connectivity index (χ0) is 16.4. The fourth-order valence-electron chi connectivity index (χ4n) is 2.99. The number of rotatable bonds is 4. The average Bonchev–Trinajstić information content (AvgIpc) is 2.81. The molecular formula is C17H18N2O4. The van der Waals surface area contributed by atoms with Crippen molar-refractivity contribution < 1.29 is 19.2 Å². The number of nitrogens with zero attached hydrogens (tertiary/aromatic N) is 2. The highest BCUT2D eigenvalue weighted by Gasteiger charge is 2.34. The fourth-order valence-corrected chi connectivity index (χ4v) is 2.99. The van der Waals surface area contributed by atoms with Gasteiger partial charge in [-0.3, -0.25) is 24.1 Å². The third-order valence-electron chi connectivity index (χ3n) is 4.32. The first-order valence-corrected chi connectivity index (χ1v) is 7.82. The number of likely N-dealkylation sites (tertiary alicyclic amines) is 1. The minimum absolute atomic E-state index is 0.0193. The van der Waals surface area contributed by atoms with E-state index in [0.29, 0.717) is 43.5 Å². The second-order valence-corrected chi connectivity index (χ2v) is 5.83. The molecule has 2 aliphatic rings. The summed E-state index contributed by atoms with van der Waals surface area (Å²) in [7, 11) is 0.